The van der Waals surface area contributed by atoms with Crippen LogP contribution in [0.3, 0.4) is 0 Å². The van der Waals surface area contributed by atoms with E-state index >= 15 is 0 Å². The zero-order valence-electron chi connectivity index (χ0n) is 10.7. The fraction of sp³-hybridized carbons (Fsp3) is 0.583. The predicted octanol–water partition coefficient (Wildman–Crippen LogP) is 2.64. The number of rotatable bonds is 6. The van der Waals surface area contributed by atoms with Crippen LogP contribution in [0.2, 0.25) is 5.02 Å². The highest BCUT2D eigenvalue weighted by molar-refractivity contribution is 6.31. The Hall–Kier alpha value is -0.840. The molecule has 96 valence electrons. The molecule has 0 atom stereocenters. The minimum Gasteiger partial charge on any atom is -0.308 e. The third kappa shape index (κ3) is 4.15. The number of nitrogens with one attached hydrogen (secondary N) is 1. The summed E-state index contributed by atoms with van der Waals surface area (Å²) in [6.07, 6.45) is 1.12. The van der Waals surface area contributed by atoms with Crippen molar-refractivity contribution in [2.24, 2.45) is 5.84 Å². The minimum absolute atomic E-state index is 0.474. The number of anilines is 1. The van der Waals surface area contributed by atoms with E-state index in [1.54, 1.807) is 6.07 Å². The highest BCUT2D eigenvalue weighted by Crippen LogP contribution is 2.19. The largest absolute Gasteiger partial charge is 0.308 e. The molecule has 0 aliphatic rings. The van der Waals surface area contributed by atoms with Crippen molar-refractivity contribution in [3.05, 3.63) is 22.8 Å². The molecule has 1 rings (SSSR count). The summed E-state index contributed by atoms with van der Waals surface area (Å²) < 4.78 is 0. The zero-order valence-corrected chi connectivity index (χ0v) is 11.5. The molecule has 0 saturated heterocycles. The maximum atomic E-state index is 6.14. The summed E-state index contributed by atoms with van der Waals surface area (Å²) in [6.45, 7) is 8.31. The summed E-state index contributed by atoms with van der Waals surface area (Å²) in [5.41, 5.74) is 3.41. The van der Waals surface area contributed by atoms with E-state index in [9.17, 15) is 0 Å². The molecule has 0 amide bonds. The van der Waals surface area contributed by atoms with Crippen molar-refractivity contribution in [2.75, 3.05) is 12.0 Å². The number of aromatic nitrogens is 1. The lowest BCUT2D eigenvalue weighted by Crippen LogP contribution is -2.31. The fourth-order valence-electron chi connectivity index (χ4n) is 1.68. The van der Waals surface area contributed by atoms with Gasteiger partial charge in [-0.2, -0.15) is 0 Å². The van der Waals surface area contributed by atoms with Crippen LogP contribution in [0.1, 0.15) is 32.9 Å². The minimum atomic E-state index is 0.474. The van der Waals surface area contributed by atoms with E-state index in [0.29, 0.717) is 16.9 Å². The van der Waals surface area contributed by atoms with Crippen LogP contribution in [0.4, 0.5) is 5.82 Å². The predicted molar refractivity (Wildman–Crippen MR) is 72.9 cm³/mol. The molecule has 0 bridgehead atoms. The molecular weight excluding hydrogens is 236 g/mol. The molecule has 0 fully saturated rings. The lowest BCUT2D eigenvalue weighted by molar-refractivity contribution is 0.211. The van der Waals surface area contributed by atoms with Crippen molar-refractivity contribution >= 4 is 17.4 Å². The maximum absolute atomic E-state index is 6.14. The molecule has 0 unspecified atom stereocenters. The molecule has 1 heterocycles. The summed E-state index contributed by atoms with van der Waals surface area (Å²) in [4.78, 5) is 6.73. The van der Waals surface area contributed by atoms with Crippen LogP contribution in [0.5, 0.6) is 0 Å². The van der Waals surface area contributed by atoms with Crippen LogP contribution in [0.15, 0.2) is 12.1 Å². The number of halogens is 1. The standard InChI is InChI=1S/C12H21ClN4/c1-4-7-17(9(2)3)8-11-10(13)5-6-12(15-11)16-14/h5-6,9H,4,7-8,14H2,1-3H3,(H,15,16). The number of nitrogens with two attached hydrogens (primary N) is 1. The van der Waals surface area contributed by atoms with Gasteiger partial charge in [-0.1, -0.05) is 18.5 Å². The van der Waals surface area contributed by atoms with Crippen LogP contribution < -0.4 is 11.3 Å². The number of nitrogens with zero attached hydrogens (tertiary/aromatic N) is 2. The van der Waals surface area contributed by atoms with Gasteiger partial charge in [-0.25, -0.2) is 10.8 Å². The van der Waals surface area contributed by atoms with Gasteiger partial charge in [-0.05, 0) is 38.9 Å². The number of hydrazine groups is 1. The van der Waals surface area contributed by atoms with E-state index in [0.717, 1.165) is 25.2 Å². The maximum Gasteiger partial charge on any atom is 0.140 e. The average molecular weight is 257 g/mol. The van der Waals surface area contributed by atoms with Crippen LogP contribution in [-0.4, -0.2) is 22.5 Å². The van der Waals surface area contributed by atoms with Gasteiger partial charge in [0.2, 0.25) is 0 Å². The van der Waals surface area contributed by atoms with Gasteiger partial charge in [-0.3, -0.25) is 4.90 Å². The Morgan fingerprint density at radius 2 is 2.18 bits per heavy atom. The summed E-state index contributed by atoms with van der Waals surface area (Å²) in [5.74, 6) is 5.99. The Kier molecular flexibility index (Phi) is 5.68. The van der Waals surface area contributed by atoms with Crippen molar-refractivity contribution in [2.45, 2.75) is 39.8 Å². The molecule has 0 aliphatic heterocycles. The Morgan fingerprint density at radius 3 is 2.71 bits per heavy atom. The summed E-state index contributed by atoms with van der Waals surface area (Å²) in [5, 5.41) is 0.686. The van der Waals surface area contributed by atoms with Crippen LogP contribution >= 0.6 is 11.6 Å². The van der Waals surface area contributed by atoms with Gasteiger partial charge in [0.05, 0.1) is 10.7 Å². The highest BCUT2D eigenvalue weighted by Gasteiger charge is 2.12. The van der Waals surface area contributed by atoms with E-state index in [1.807, 2.05) is 6.07 Å². The zero-order chi connectivity index (χ0) is 12.8. The first-order valence-corrected chi connectivity index (χ1v) is 6.32. The first kappa shape index (κ1) is 14.2. The number of hydrogen-bond donors (Lipinski definition) is 2. The smallest absolute Gasteiger partial charge is 0.140 e. The van der Waals surface area contributed by atoms with E-state index in [1.165, 1.54) is 0 Å². The normalized spacial score (nSPS) is 11.2. The molecule has 0 radical (unpaired) electrons. The Bertz CT molecular complexity index is 354. The van der Waals surface area contributed by atoms with Gasteiger partial charge >= 0.3 is 0 Å². The second kappa shape index (κ2) is 6.79. The van der Waals surface area contributed by atoms with Gasteiger partial charge in [0.1, 0.15) is 5.82 Å². The van der Waals surface area contributed by atoms with Crippen molar-refractivity contribution in [1.82, 2.24) is 9.88 Å². The molecule has 1 aromatic rings. The Morgan fingerprint density at radius 1 is 1.47 bits per heavy atom. The van der Waals surface area contributed by atoms with Crippen LogP contribution in [0, 0.1) is 0 Å². The number of hydrogen-bond acceptors (Lipinski definition) is 4. The third-order valence-corrected chi connectivity index (χ3v) is 3.00. The Labute approximate surface area is 108 Å². The van der Waals surface area contributed by atoms with Crippen molar-refractivity contribution in [3.8, 4) is 0 Å². The van der Waals surface area contributed by atoms with Gasteiger partial charge in [0, 0.05) is 12.6 Å². The molecule has 0 aliphatic carbocycles. The highest BCUT2D eigenvalue weighted by atomic mass is 35.5. The average Bonchev–Trinajstić information content (AvgIpc) is 2.31. The topological polar surface area (TPSA) is 54.2 Å². The number of nitrogen functional groups attached to an aromatic ring is 1. The van der Waals surface area contributed by atoms with Gasteiger partial charge < -0.3 is 5.43 Å². The molecule has 0 aromatic carbocycles. The quantitative estimate of drug-likeness (QED) is 0.607. The van der Waals surface area contributed by atoms with E-state index in [2.05, 4.69) is 36.1 Å². The first-order valence-electron chi connectivity index (χ1n) is 5.94. The summed E-state index contributed by atoms with van der Waals surface area (Å²) >= 11 is 6.14. The van der Waals surface area contributed by atoms with Crippen molar-refractivity contribution in [1.29, 1.82) is 0 Å². The molecule has 0 spiro atoms. The molecule has 1 aromatic heterocycles. The second-order valence-corrected chi connectivity index (χ2v) is 4.74. The molecule has 5 heteroatoms. The SMILES string of the molecule is CCCN(Cc1nc(NN)ccc1Cl)C(C)C. The van der Waals surface area contributed by atoms with Gasteiger partial charge in [0.15, 0.2) is 0 Å². The van der Waals surface area contributed by atoms with Crippen LogP contribution in [-0.2, 0) is 6.54 Å². The first-order chi connectivity index (χ1) is 8.08. The van der Waals surface area contributed by atoms with Crippen molar-refractivity contribution < 1.29 is 0 Å². The second-order valence-electron chi connectivity index (χ2n) is 4.33. The summed E-state index contributed by atoms with van der Waals surface area (Å²) in [6, 6.07) is 4.07. The fourth-order valence-corrected chi connectivity index (χ4v) is 1.84. The lowest BCUT2D eigenvalue weighted by atomic mass is 10.2. The van der Waals surface area contributed by atoms with E-state index in [-0.39, 0.29) is 0 Å². The molecule has 17 heavy (non-hydrogen) atoms. The third-order valence-electron chi connectivity index (χ3n) is 2.66. The molecule has 4 nitrogen and oxygen atoms in total. The summed E-state index contributed by atoms with van der Waals surface area (Å²) in [7, 11) is 0. The van der Waals surface area contributed by atoms with Crippen LogP contribution in [0.25, 0.3) is 0 Å². The lowest BCUT2D eigenvalue weighted by Gasteiger charge is -2.26. The number of pyridine rings is 1. The van der Waals surface area contributed by atoms with Gasteiger partial charge in [-0.15, -0.1) is 0 Å². The molecular formula is C12H21ClN4. The molecule has 0 saturated carbocycles. The monoisotopic (exact) mass is 256 g/mol. The van der Waals surface area contributed by atoms with E-state index < -0.39 is 0 Å². The molecule has 3 N–H and O–H groups in total. The van der Waals surface area contributed by atoms with Crippen molar-refractivity contribution in [3.63, 3.8) is 0 Å². The van der Waals surface area contributed by atoms with Gasteiger partial charge in [0.25, 0.3) is 0 Å². The Balaban J connectivity index is 2.84. The van der Waals surface area contributed by atoms with E-state index in [4.69, 9.17) is 17.4 Å².